The fourth-order valence-electron chi connectivity index (χ4n) is 2.76. The van der Waals surface area contributed by atoms with Crippen molar-refractivity contribution in [1.29, 1.82) is 0 Å². The topological polar surface area (TPSA) is 30.5 Å². The Balaban J connectivity index is 1.87. The van der Waals surface area contributed by atoms with E-state index in [1.807, 2.05) is 29.5 Å². The van der Waals surface area contributed by atoms with Gasteiger partial charge in [-0.25, -0.2) is 0 Å². The van der Waals surface area contributed by atoms with Crippen LogP contribution >= 0.6 is 33.9 Å². The minimum absolute atomic E-state index is 0.380. The maximum atomic E-state index is 5.34. The van der Waals surface area contributed by atoms with Gasteiger partial charge in [0.25, 0.3) is 0 Å². The van der Waals surface area contributed by atoms with E-state index >= 15 is 0 Å². The normalized spacial score (nSPS) is 17.2. The van der Waals surface area contributed by atoms with Gasteiger partial charge in [0.2, 0.25) is 0 Å². The predicted molar refractivity (Wildman–Crippen MR) is 95.9 cm³/mol. The lowest BCUT2D eigenvalue weighted by Crippen LogP contribution is -2.15. The summed E-state index contributed by atoms with van der Waals surface area (Å²) in [6.07, 6.45) is 3.62. The number of fused-ring (bicyclic) bond motifs is 1. The number of nitrogens with one attached hydrogen (secondary N) is 1. The molecule has 1 aliphatic rings. The van der Waals surface area contributed by atoms with Crippen LogP contribution in [0.2, 0.25) is 0 Å². The molecule has 1 atom stereocenters. The summed E-state index contributed by atoms with van der Waals surface area (Å²) in [7, 11) is 3.36. The molecule has 21 heavy (non-hydrogen) atoms. The minimum atomic E-state index is 0.380. The lowest BCUT2D eigenvalue weighted by atomic mass is 9.94. The van der Waals surface area contributed by atoms with E-state index < -0.39 is 0 Å². The number of thiophene rings is 1. The Hall–Kier alpha value is -0.950. The van der Waals surface area contributed by atoms with Crippen molar-refractivity contribution in [3.05, 3.63) is 37.6 Å². The second kappa shape index (κ2) is 6.44. The van der Waals surface area contributed by atoms with Crippen molar-refractivity contribution in [2.75, 3.05) is 19.5 Å². The van der Waals surface area contributed by atoms with E-state index in [-0.39, 0.29) is 0 Å². The molecule has 1 unspecified atom stereocenters. The zero-order valence-electron chi connectivity index (χ0n) is 12.1. The number of hydrogen-bond donors (Lipinski definition) is 1. The van der Waals surface area contributed by atoms with Gasteiger partial charge >= 0.3 is 0 Å². The van der Waals surface area contributed by atoms with Gasteiger partial charge in [-0.1, -0.05) is 0 Å². The van der Waals surface area contributed by atoms with Crippen molar-refractivity contribution >= 4 is 39.6 Å². The second-order valence-corrected chi connectivity index (χ2v) is 8.15. The highest BCUT2D eigenvalue weighted by Gasteiger charge is 2.22. The lowest BCUT2D eigenvalue weighted by Gasteiger charge is -2.25. The first-order chi connectivity index (χ1) is 10.2. The molecule has 1 aromatic carbocycles. The molecule has 3 rings (SSSR count). The molecule has 112 valence electrons. The molecule has 0 spiro atoms. The summed E-state index contributed by atoms with van der Waals surface area (Å²) in [5.74, 6) is 1.63. The monoisotopic (exact) mass is 415 g/mol. The molecule has 3 nitrogen and oxygen atoms in total. The van der Waals surface area contributed by atoms with Crippen LogP contribution in [0.3, 0.4) is 0 Å². The standard InChI is InChI=1S/C16H18INO2S/c1-19-11-6-10(7-12(8-11)20-2)18-14-4-3-5-15-13(14)9-16(17)21-15/h6-9,14,18H,3-5H2,1-2H3. The number of methoxy groups -OCH3 is 2. The highest BCUT2D eigenvalue weighted by atomic mass is 127. The van der Waals surface area contributed by atoms with Crippen LogP contribution in [0.25, 0.3) is 0 Å². The zero-order valence-corrected chi connectivity index (χ0v) is 15.1. The Labute approximate surface area is 142 Å². The van der Waals surface area contributed by atoms with Crippen molar-refractivity contribution < 1.29 is 9.47 Å². The van der Waals surface area contributed by atoms with Gasteiger partial charge in [0.1, 0.15) is 11.5 Å². The number of halogens is 1. The van der Waals surface area contributed by atoms with Crippen molar-refractivity contribution in [2.45, 2.75) is 25.3 Å². The molecule has 0 fully saturated rings. The average molecular weight is 415 g/mol. The van der Waals surface area contributed by atoms with Gasteiger partial charge in [0.05, 0.1) is 23.1 Å². The second-order valence-electron chi connectivity index (χ2n) is 5.12. The number of aryl methyl sites for hydroxylation is 1. The summed E-state index contributed by atoms with van der Waals surface area (Å²) in [6.45, 7) is 0. The van der Waals surface area contributed by atoms with E-state index in [2.05, 4.69) is 34.0 Å². The third-order valence-electron chi connectivity index (χ3n) is 3.78. The van der Waals surface area contributed by atoms with E-state index in [1.165, 1.54) is 32.6 Å². The van der Waals surface area contributed by atoms with E-state index in [1.54, 1.807) is 14.2 Å². The molecule has 1 aromatic heterocycles. The summed E-state index contributed by atoms with van der Waals surface area (Å²) in [5, 5.41) is 3.64. The van der Waals surface area contributed by atoms with Crippen molar-refractivity contribution in [3.8, 4) is 11.5 Å². The quantitative estimate of drug-likeness (QED) is 0.724. The van der Waals surface area contributed by atoms with E-state index in [9.17, 15) is 0 Å². The fourth-order valence-corrected chi connectivity index (χ4v) is 4.88. The maximum Gasteiger partial charge on any atom is 0.124 e. The van der Waals surface area contributed by atoms with Crippen molar-refractivity contribution in [3.63, 3.8) is 0 Å². The Bertz CT molecular complexity index is 619. The molecule has 1 heterocycles. The molecule has 0 radical (unpaired) electrons. The zero-order chi connectivity index (χ0) is 14.8. The van der Waals surface area contributed by atoms with Gasteiger partial charge in [-0.2, -0.15) is 0 Å². The first kappa shape index (κ1) is 15.0. The Morgan fingerprint density at radius 1 is 1.14 bits per heavy atom. The molecule has 0 bridgehead atoms. The van der Waals surface area contributed by atoms with Gasteiger partial charge in [-0.15, -0.1) is 11.3 Å². The minimum Gasteiger partial charge on any atom is -0.497 e. The number of anilines is 1. The number of benzene rings is 1. The first-order valence-electron chi connectivity index (χ1n) is 6.97. The summed E-state index contributed by atoms with van der Waals surface area (Å²) >= 11 is 4.33. The van der Waals surface area contributed by atoms with Crippen molar-refractivity contribution in [2.24, 2.45) is 0 Å². The molecule has 0 saturated carbocycles. The molecule has 1 aliphatic carbocycles. The lowest BCUT2D eigenvalue weighted by molar-refractivity contribution is 0.394. The fraction of sp³-hybridized carbons (Fsp3) is 0.375. The van der Waals surface area contributed by atoms with E-state index in [0.29, 0.717) is 6.04 Å². The Morgan fingerprint density at radius 2 is 1.86 bits per heavy atom. The Kier molecular flexibility index (Phi) is 4.59. The largest absolute Gasteiger partial charge is 0.497 e. The number of rotatable bonds is 4. The van der Waals surface area contributed by atoms with Crippen LogP contribution < -0.4 is 14.8 Å². The molecule has 5 heteroatoms. The van der Waals surface area contributed by atoms with Crippen LogP contribution in [0.1, 0.15) is 29.3 Å². The van der Waals surface area contributed by atoms with Gasteiger partial charge in [-0.3, -0.25) is 0 Å². The van der Waals surface area contributed by atoms with E-state index in [4.69, 9.17) is 9.47 Å². The Morgan fingerprint density at radius 3 is 2.52 bits per heavy atom. The summed E-state index contributed by atoms with van der Waals surface area (Å²) in [6, 6.07) is 8.63. The molecule has 2 aromatic rings. The molecule has 1 N–H and O–H groups in total. The third kappa shape index (κ3) is 3.29. The van der Waals surface area contributed by atoms with E-state index in [0.717, 1.165) is 17.2 Å². The van der Waals surface area contributed by atoms with Crippen LogP contribution in [-0.2, 0) is 6.42 Å². The highest BCUT2D eigenvalue weighted by molar-refractivity contribution is 14.1. The van der Waals surface area contributed by atoms with Crippen molar-refractivity contribution in [1.82, 2.24) is 0 Å². The molecular formula is C16H18INO2S. The summed E-state index contributed by atoms with van der Waals surface area (Å²) < 4.78 is 12.1. The van der Waals surface area contributed by atoms with Crippen LogP contribution in [0, 0.1) is 2.88 Å². The van der Waals surface area contributed by atoms with Crippen LogP contribution in [0.15, 0.2) is 24.3 Å². The smallest absolute Gasteiger partial charge is 0.124 e. The first-order valence-corrected chi connectivity index (χ1v) is 8.87. The number of hydrogen-bond acceptors (Lipinski definition) is 4. The average Bonchev–Trinajstić information content (AvgIpc) is 2.88. The van der Waals surface area contributed by atoms with Gasteiger partial charge in [0, 0.05) is 28.8 Å². The van der Waals surface area contributed by atoms with Crippen LogP contribution in [-0.4, -0.2) is 14.2 Å². The molecule has 0 amide bonds. The summed E-state index contributed by atoms with van der Waals surface area (Å²) in [5.41, 5.74) is 2.50. The van der Waals surface area contributed by atoms with Gasteiger partial charge < -0.3 is 14.8 Å². The molecular weight excluding hydrogens is 397 g/mol. The highest BCUT2D eigenvalue weighted by Crippen LogP contribution is 2.39. The van der Waals surface area contributed by atoms with Gasteiger partial charge in [0.15, 0.2) is 0 Å². The van der Waals surface area contributed by atoms with Gasteiger partial charge in [-0.05, 0) is 53.5 Å². The van der Waals surface area contributed by atoms with Crippen LogP contribution in [0.5, 0.6) is 11.5 Å². The predicted octanol–water partition coefficient (Wildman–Crippen LogP) is 4.86. The third-order valence-corrected chi connectivity index (χ3v) is 5.75. The van der Waals surface area contributed by atoms with Crippen LogP contribution in [0.4, 0.5) is 5.69 Å². The SMILES string of the molecule is COc1cc(NC2CCCc3sc(I)cc32)cc(OC)c1. The summed E-state index contributed by atoms with van der Waals surface area (Å²) in [4.78, 5) is 1.53. The molecule has 0 aliphatic heterocycles. The number of ether oxygens (including phenoxy) is 2. The maximum absolute atomic E-state index is 5.34. The molecule has 0 saturated heterocycles.